The summed E-state index contributed by atoms with van der Waals surface area (Å²) < 4.78 is 12.5. The number of aliphatic hydroxyl groups excluding tert-OH is 3. The molecule has 0 aliphatic heterocycles. The molecule has 2 aromatic carbocycles. The Morgan fingerprint density at radius 1 is 1.07 bits per heavy atom. The topological polar surface area (TPSA) is 129 Å². The van der Waals surface area contributed by atoms with Crippen LogP contribution in [0.2, 0.25) is 0 Å². The summed E-state index contributed by atoms with van der Waals surface area (Å²) in [6.07, 6.45) is 4.93. The third-order valence-corrected chi connectivity index (χ3v) is 8.43. The molecule has 2 aromatic rings. The summed E-state index contributed by atoms with van der Waals surface area (Å²) in [5.74, 6) is 0.267. The maximum atomic E-state index is 13.8. The van der Waals surface area contributed by atoms with Crippen molar-refractivity contribution in [2.45, 2.75) is 90.2 Å². The molecule has 3 rings (SSSR count). The van der Waals surface area contributed by atoms with Crippen molar-refractivity contribution in [2.24, 2.45) is 0 Å². The number of methoxy groups -OCH3 is 1. The van der Waals surface area contributed by atoms with E-state index in [2.05, 4.69) is 34.8 Å². The van der Waals surface area contributed by atoms with Gasteiger partial charge < -0.3 is 35.0 Å². The molecule has 236 valence electrons. The molecule has 0 fully saturated rings. The highest BCUT2D eigenvalue weighted by Gasteiger charge is 2.41. The monoisotopic (exact) mass is 708 g/mol. The van der Waals surface area contributed by atoms with Crippen LogP contribution in [0.5, 0.6) is 11.5 Å². The lowest BCUT2D eigenvalue weighted by molar-refractivity contribution is -0.139. The minimum Gasteiger partial charge on any atom is -0.493 e. The number of halogens is 1. The van der Waals surface area contributed by atoms with E-state index in [0.29, 0.717) is 32.6 Å². The van der Waals surface area contributed by atoms with Crippen LogP contribution in [0.15, 0.2) is 48.0 Å². The fourth-order valence-corrected chi connectivity index (χ4v) is 5.99. The predicted octanol–water partition coefficient (Wildman–Crippen LogP) is 4.41. The van der Waals surface area contributed by atoms with E-state index < -0.39 is 18.2 Å². The van der Waals surface area contributed by atoms with E-state index in [4.69, 9.17) is 9.47 Å². The van der Waals surface area contributed by atoms with Gasteiger partial charge in [0.05, 0.1) is 29.9 Å². The molecule has 0 radical (unpaired) electrons. The molecule has 43 heavy (non-hydrogen) atoms. The maximum Gasteiger partial charge on any atom is 0.247 e. The second kappa shape index (κ2) is 17.6. The highest BCUT2D eigenvalue weighted by Crippen LogP contribution is 2.37. The number of hydrogen-bond acceptors (Lipinski definition) is 7. The van der Waals surface area contributed by atoms with Crippen LogP contribution in [0, 0.1) is 10.5 Å². The van der Waals surface area contributed by atoms with Gasteiger partial charge in [0.25, 0.3) is 0 Å². The van der Waals surface area contributed by atoms with Crippen molar-refractivity contribution in [3.8, 4) is 11.5 Å². The molecule has 4 N–H and O–H groups in total. The molecular weight excluding hydrogens is 663 g/mol. The first-order valence-electron chi connectivity index (χ1n) is 15.0. The lowest BCUT2D eigenvalue weighted by Crippen LogP contribution is -2.54. The highest BCUT2D eigenvalue weighted by atomic mass is 127. The van der Waals surface area contributed by atoms with E-state index in [1.807, 2.05) is 31.2 Å². The number of carbonyl (C=O) groups is 2. The Morgan fingerprint density at radius 2 is 1.79 bits per heavy atom. The second-order valence-electron chi connectivity index (χ2n) is 11.0. The lowest BCUT2D eigenvalue weighted by atomic mass is 9.87. The van der Waals surface area contributed by atoms with Crippen molar-refractivity contribution in [3.05, 3.63) is 68.3 Å². The molecule has 0 spiro atoms. The zero-order valence-electron chi connectivity index (χ0n) is 25.4. The number of aryl methyl sites for hydroxylation is 1. The summed E-state index contributed by atoms with van der Waals surface area (Å²) in [7, 11) is 1.49. The normalized spacial score (nSPS) is 18.1. The van der Waals surface area contributed by atoms with Crippen molar-refractivity contribution in [2.75, 3.05) is 20.3 Å². The van der Waals surface area contributed by atoms with Crippen molar-refractivity contribution in [1.29, 1.82) is 0 Å². The van der Waals surface area contributed by atoms with E-state index in [-0.39, 0.29) is 44.5 Å². The fraction of sp³-hybridized carbons (Fsp3) is 0.515. The molecule has 0 heterocycles. The number of benzene rings is 2. The SMILES string of the molecule is CCCCCCCC(=O)N(Cc1ccc(C)cc1)[C@@H]1CC(C(=O)NCCO)=C[C@H](Oc2c(I)cc(CO)cc2OC)[C@H]1O. The van der Waals surface area contributed by atoms with Gasteiger partial charge in [0.2, 0.25) is 11.8 Å². The molecule has 1 aliphatic rings. The number of unbranched alkanes of at least 4 members (excludes halogenated alkanes) is 4. The summed E-state index contributed by atoms with van der Waals surface area (Å²) >= 11 is 2.08. The summed E-state index contributed by atoms with van der Waals surface area (Å²) in [4.78, 5) is 28.7. The Hall–Kier alpha value is -2.67. The Morgan fingerprint density at radius 3 is 2.44 bits per heavy atom. The van der Waals surface area contributed by atoms with Crippen LogP contribution in [0.4, 0.5) is 0 Å². The van der Waals surface area contributed by atoms with E-state index in [9.17, 15) is 24.9 Å². The Labute approximate surface area is 268 Å². The number of carbonyl (C=O) groups excluding carboxylic acids is 2. The lowest BCUT2D eigenvalue weighted by Gasteiger charge is -2.41. The molecule has 0 bridgehead atoms. The number of nitrogens with zero attached hydrogens (tertiary/aromatic N) is 1. The molecular formula is C33H45IN2O7. The number of nitrogens with one attached hydrogen (secondary N) is 1. The summed E-state index contributed by atoms with van der Waals surface area (Å²) in [5.41, 5.74) is 3.03. The Bertz CT molecular complexity index is 1230. The zero-order chi connectivity index (χ0) is 31.4. The first-order chi connectivity index (χ1) is 20.7. The third kappa shape index (κ3) is 9.92. The van der Waals surface area contributed by atoms with Crippen LogP contribution >= 0.6 is 22.6 Å². The van der Waals surface area contributed by atoms with Crippen molar-refractivity contribution >= 4 is 34.4 Å². The standard InChI is InChI=1S/C33H45IN2O7/c1-4-5-6-7-8-9-30(39)36(20-23-12-10-22(2)11-13-23)27-18-25(33(41)35-14-15-37)19-28(31(27)40)43-32-26(34)16-24(21-38)17-29(32)42-3/h10-13,16-17,19,27-28,31,37-38,40H,4-9,14-15,18,20-21H2,1-3H3,(H,35,41)/t27-,28+,31+/m1/s1. The molecule has 3 atom stereocenters. The van der Waals surface area contributed by atoms with Gasteiger partial charge in [0.15, 0.2) is 11.5 Å². The molecule has 0 unspecified atom stereocenters. The van der Waals surface area contributed by atoms with Crippen LogP contribution in [-0.4, -0.2) is 70.5 Å². The van der Waals surface area contributed by atoms with Crippen molar-refractivity contribution in [3.63, 3.8) is 0 Å². The molecule has 2 amide bonds. The van der Waals surface area contributed by atoms with Crippen molar-refractivity contribution in [1.82, 2.24) is 10.2 Å². The molecule has 0 aromatic heterocycles. The van der Waals surface area contributed by atoms with Gasteiger partial charge in [-0.15, -0.1) is 0 Å². The summed E-state index contributed by atoms with van der Waals surface area (Å²) in [5, 5.41) is 33.4. The van der Waals surface area contributed by atoms with Crippen molar-refractivity contribution < 1.29 is 34.4 Å². The van der Waals surface area contributed by atoms with Crippen LogP contribution in [0.25, 0.3) is 0 Å². The van der Waals surface area contributed by atoms with Gasteiger partial charge in [0, 0.05) is 31.5 Å². The summed E-state index contributed by atoms with van der Waals surface area (Å²) in [6, 6.07) is 10.6. The average Bonchev–Trinajstić information content (AvgIpc) is 3.01. The van der Waals surface area contributed by atoms with Gasteiger partial charge in [-0.1, -0.05) is 62.4 Å². The van der Waals surface area contributed by atoms with Gasteiger partial charge in [-0.2, -0.15) is 0 Å². The van der Waals surface area contributed by atoms with Gasteiger partial charge in [0.1, 0.15) is 12.2 Å². The minimum atomic E-state index is -1.15. The van der Waals surface area contributed by atoms with Gasteiger partial charge >= 0.3 is 0 Å². The molecule has 0 saturated carbocycles. The van der Waals surface area contributed by atoms with E-state index in [1.165, 1.54) is 7.11 Å². The minimum absolute atomic E-state index is 0.0764. The van der Waals surface area contributed by atoms with Crippen LogP contribution in [0.3, 0.4) is 0 Å². The first-order valence-corrected chi connectivity index (χ1v) is 16.1. The second-order valence-corrected chi connectivity index (χ2v) is 12.1. The quantitative estimate of drug-likeness (QED) is 0.150. The molecule has 9 nitrogen and oxygen atoms in total. The Balaban J connectivity index is 1.98. The number of amides is 2. The van der Waals surface area contributed by atoms with Gasteiger partial charge in [-0.25, -0.2) is 0 Å². The Kier molecular flexibility index (Phi) is 14.2. The largest absolute Gasteiger partial charge is 0.493 e. The van der Waals surface area contributed by atoms with Gasteiger partial charge in [-0.05, 0) is 65.3 Å². The number of hydrogen-bond donors (Lipinski definition) is 4. The zero-order valence-corrected chi connectivity index (χ0v) is 27.5. The van der Waals surface area contributed by atoms with Crippen LogP contribution in [0.1, 0.15) is 68.6 Å². The molecule has 1 aliphatic carbocycles. The summed E-state index contributed by atoms with van der Waals surface area (Å²) in [6.45, 7) is 4.11. The molecule has 10 heteroatoms. The van der Waals surface area contributed by atoms with E-state index in [1.54, 1.807) is 23.1 Å². The third-order valence-electron chi connectivity index (χ3n) is 7.63. The maximum absolute atomic E-state index is 13.8. The molecule has 0 saturated heterocycles. The number of ether oxygens (including phenoxy) is 2. The predicted molar refractivity (Wildman–Crippen MR) is 174 cm³/mol. The van der Waals surface area contributed by atoms with E-state index in [0.717, 1.165) is 43.2 Å². The highest BCUT2D eigenvalue weighted by molar-refractivity contribution is 14.1. The van der Waals surface area contributed by atoms with Crippen LogP contribution in [-0.2, 0) is 22.7 Å². The smallest absolute Gasteiger partial charge is 0.247 e. The number of aliphatic hydroxyl groups is 3. The van der Waals surface area contributed by atoms with E-state index >= 15 is 0 Å². The van der Waals surface area contributed by atoms with Gasteiger partial charge in [-0.3, -0.25) is 9.59 Å². The number of rotatable bonds is 16. The fourth-order valence-electron chi connectivity index (χ4n) is 5.20. The average molecular weight is 709 g/mol. The first kappa shape index (κ1) is 34.8. The van der Waals surface area contributed by atoms with Crippen LogP contribution < -0.4 is 14.8 Å².